The van der Waals surface area contributed by atoms with Crippen molar-refractivity contribution in [1.29, 1.82) is 0 Å². The highest BCUT2D eigenvalue weighted by Gasteiger charge is 2.29. The topological polar surface area (TPSA) is 247 Å². The van der Waals surface area contributed by atoms with E-state index in [1.165, 1.54) is 19.1 Å². The lowest BCUT2D eigenvalue weighted by molar-refractivity contribution is -0.140. The standard InChI is InChI=1S/C48H59N9O10S/c1-48(2,3)30-26-37(54-68(7,63)64)44(66-6)39(27-30)57(47(49)62)38-15-16-40(34-11-9-8-10-33(34)38)67-32-18-19-51-42(29-32)53-31-12-13-35(41(28-31)65-5)45(59)52-20-21-55-22-24-56(25-23-55)43(58)17-14-36(50-4)46(60)61/h8-13,15-16,18-19,26-29,36,50,54H,14,17,20-25H2,1-7H3,(H2,49,62)(H,51,53)(H,52,59)(H,60,61)/t36-/m0/s1. The van der Waals surface area contributed by atoms with Crippen LogP contribution < -0.4 is 45.5 Å². The third-order valence-corrected chi connectivity index (χ3v) is 12.0. The van der Waals surface area contributed by atoms with Crippen LogP contribution in [-0.4, -0.2) is 125 Å². The molecule has 6 rings (SSSR count). The summed E-state index contributed by atoms with van der Waals surface area (Å²) in [4.78, 5) is 60.3. The number of rotatable bonds is 19. The number of sulfonamides is 1. The summed E-state index contributed by atoms with van der Waals surface area (Å²) < 4.78 is 45.2. The minimum absolute atomic E-state index is 0.0699. The molecule has 4 amide bonds. The molecular weight excluding hydrogens is 895 g/mol. The summed E-state index contributed by atoms with van der Waals surface area (Å²) in [6.07, 6.45) is 2.99. The molecule has 1 saturated heterocycles. The summed E-state index contributed by atoms with van der Waals surface area (Å²) in [5, 5.41) is 19.4. The summed E-state index contributed by atoms with van der Waals surface area (Å²) in [6, 6.07) is 21.1. The first kappa shape index (κ1) is 50.3. The van der Waals surface area contributed by atoms with Gasteiger partial charge < -0.3 is 45.9 Å². The van der Waals surface area contributed by atoms with Crippen LogP contribution in [0.4, 0.5) is 33.4 Å². The number of amides is 4. The number of piperazine rings is 1. The van der Waals surface area contributed by atoms with Gasteiger partial charge in [-0.15, -0.1) is 0 Å². The van der Waals surface area contributed by atoms with E-state index >= 15 is 0 Å². The van der Waals surface area contributed by atoms with Crippen molar-refractivity contribution in [2.24, 2.45) is 5.73 Å². The highest BCUT2D eigenvalue weighted by atomic mass is 32.2. The molecule has 0 unspecified atom stereocenters. The predicted octanol–water partition coefficient (Wildman–Crippen LogP) is 6.00. The minimum atomic E-state index is -3.74. The number of anilines is 5. The second kappa shape index (κ2) is 21.6. The van der Waals surface area contributed by atoms with Gasteiger partial charge in [-0.3, -0.25) is 28.9 Å². The smallest absolute Gasteiger partial charge is 0.324 e. The molecule has 0 radical (unpaired) electrons. The van der Waals surface area contributed by atoms with Crippen LogP contribution in [0.15, 0.2) is 85.1 Å². The van der Waals surface area contributed by atoms with E-state index in [0.29, 0.717) is 90.0 Å². The third-order valence-electron chi connectivity index (χ3n) is 11.4. The largest absolute Gasteiger partial charge is 0.496 e. The summed E-state index contributed by atoms with van der Waals surface area (Å²) in [5.74, 6) is 0.432. The Morgan fingerprint density at radius 1 is 0.897 bits per heavy atom. The lowest BCUT2D eigenvalue weighted by atomic mass is 9.86. The van der Waals surface area contributed by atoms with Gasteiger partial charge >= 0.3 is 12.0 Å². The number of nitrogens with zero attached hydrogens (tertiary/aromatic N) is 4. The van der Waals surface area contributed by atoms with Gasteiger partial charge in [0.1, 0.15) is 29.1 Å². The van der Waals surface area contributed by atoms with Crippen LogP contribution in [0.5, 0.6) is 23.0 Å². The van der Waals surface area contributed by atoms with E-state index in [1.807, 2.05) is 45.0 Å². The van der Waals surface area contributed by atoms with Gasteiger partial charge in [0, 0.05) is 80.5 Å². The van der Waals surface area contributed by atoms with Gasteiger partial charge in [-0.25, -0.2) is 18.2 Å². The molecule has 20 heteroatoms. The van der Waals surface area contributed by atoms with Gasteiger partial charge in [-0.05, 0) is 66.9 Å². The number of nitrogens with one attached hydrogen (secondary N) is 4. The molecule has 68 heavy (non-hydrogen) atoms. The Morgan fingerprint density at radius 2 is 1.62 bits per heavy atom. The number of methoxy groups -OCH3 is 2. The van der Waals surface area contributed by atoms with E-state index in [-0.39, 0.29) is 41.8 Å². The number of urea groups is 1. The van der Waals surface area contributed by atoms with Gasteiger partial charge in [0.15, 0.2) is 5.75 Å². The van der Waals surface area contributed by atoms with Crippen LogP contribution in [0.2, 0.25) is 0 Å². The Bertz CT molecular complexity index is 2770. The van der Waals surface area contributed by atoms with Crippen LogP contribution in [0, 0.1) is 0 Å². The van der Waals surface area contributed by atoms with Gasteiger partial charge in [-0.1, -0.05) is 45.0 Å². The molecule has 1 atom stereocenters. The first-order valence-corrected chi connectivity index (χ1v) is 23.8. The van der Waals surface area contributed by atoms with Crippen molar-refractivity contribution in [2.45, 2.75) is 45.1 Å². The Kier molecular flexibility index (Phi) is 16.0. The van der Waals surface area contributed by atoms with Gasteiger partial charge in [0.05, 0.1) is 43.1 Å². The maximum absolute atomic E-state index is 13.5. The average molecular weight is 954 g/mol. The number of aromatic nitrogens is 1. The molecular formula is C48H59N9O10S. The van der Waals surface area contributed by atoms with E-state index in [9.17, 15) is 32.7 Å². The zero-order valence-corrected chi connectivity index (χ0v) is 40.0. The number of fused-ring (bicyclic) bond motifs is 1. The molecule has 19 nitrogen and oxygen atoms in total. The number of hydrogen-bond donors (Lipinski definition) is 6. The number of pyridine rings is 1. The summed E-state index contributed by atoms with van der Waals surface area (Å²) in [7, 11) is 0.689. The number of carboxylic acid groups (broad SMARTS) is 1. The number of aliphatic carboxylic acids is 1. The van der Waals surface area contributed by atoms with Crippen LogP contribution in [0.1, 0.15) is 49.5 Å². The molecule has 1 aliphatic heterocycles. The maximum atomic E-state index is 13.5. The van der Waals surface area contributed by atoms with Crippen LogP contribution in [0.25, 0.3) is 10.8 Å². The predicted molar refractivity (Wildman–Crippen MR) is 261 cm³/mol. The number of carboxylic acids is 1. The quantitative estimate of drug-likeness (QED) is 0.0556. The van der Waals surface area contributed by atoms with Gasteiger partial charge in [-0.2, -0.15) is 0 Å². The third kappa shape index (κ3) is 12.4. The SMILES string of the molecule is CN[C@@H](CCC(=O)N1CCN(CCNC(=O)c2ccc(Nc3cc(Oc4ccc(N(C(N)=O)c5cc(C(C)(C)C)cc(NS(C)(=O)=O)c5OC)c5ccccc45)ccn3)cc2OC)CC1)C(=O)O. The second-order valence-electron chi connectivity index (χ2n) is 17.2. The zero-order chi connectivity index (χ0) is 49.3. The molecule has 0 saturated carbocycles. The second-order valence-corrected chi connectivity index (χ2v) is 19.0. The molecule has 2 heterocycles. The molecule has 1 aromatic heterocycles. The number of likely N-dealkylation sites (N-methyl/N-ethyl adjacent to an activating group) is 1. The molecule has 0 bridgehead atoms. The minimum Gasteiger partial charge on any atom is -0.496 e. The van der Waals surface area contributed by atoms with Gasteiger partial charge in [0.2, 0.25) is 15.9 Å². The number of benzene rings is 4. The molecule has 0 spiro atoms. The summed E-state index contributed by atoms with van der Waals surface area (Å²) in [6.45, 7) is 9.18. The number of primary amides is 1. The molecule has 5 aromatic rings. The number of ether oxygens (including phenoxy) is 3. The fraction of sp³-hybridized carbons (Fsp3) is 0.354. The fourth-order valence-electron chi connectivity index (χ4n) is 7.84. The van der Waals surface area contributed by atoms with Gasteiger partial charge in [0.25, 0.3) is 5.91 Å². The summed E-state index contributed by atoms with van der Waals surface area (Å²) >= 11 is 0. The average Bonchev–Trinajstić information content (AvgIpc) is 3.29. The molecule has 7 N–H and O–H groups in total. The Hall–Kier alpha value is -7.16. The zero-order valence-electron chi connectivity index (χ0n) is 39.2. The molecule has 1 aliphatic rings. The lowest BCUT2D eigenvalue weighted by Crippen LogP contribution is -2.50. The first-order valence-electron chi connectivity index (χ1n) is 21.9. The lowest BCUT2D eigenvalue weighted by Gasteiger charge is -2.35. The molecule has 0 aliphatic carbocycles. The van der Waals surface area contributed by atoms with E-state index in [4.69, 9.17) is 19.9 Å². The highest BCUT2D eigenvalue weighted by Crippen LogP contribution is 2.46. The van der Waals surface area contributed by atoms with Crippen molar-refractivity contribution >= 4 is 73.2 Å². The number of hydrogen-bond acceptors (Lipinski definition) is 13. The fourth-order valence-corrected chi connectivity index (χ4v) is 8.40. The van der Waals surface area contributed by atoms with Crippen LogP contribution >= 0.6 is 0 Å². The van der Waals surface area contributed by atoms with Crippen LogP contribution in [-0.2, 0) is 25.0 Å². The molecule has 362 valence electrons. The number of nitrogens with two attached hydrogens (primary N) is 1. The van der Waals surface area contributed by atoms with Crippen molar-refractivity contribution in [3.63, 3.8) is 0 Å². The monoisotopic (exact) mass is 953 g/mol. The molecule has 4 aromatic carbocycles. The number of carbonyl (C=O) groups excluding carboxylic acids is 3. The van der Waals surface area contributed by atoms with Crippen molar-refractivity contribution in [3.05, 3.63) is 96.2 Å². The van der Waals surface area contributed by atoms with Crippen molar-refractivity contribution in [1.82, 2.24) is 25.4 Å². The number of carbonyl (C=O) groups is 4. The Labute approximate surface area is 396 Å². The van der Waals surface area contributed by atoms with Crippen molar-refractivity contribution < 1.29 is 46.9 Å². The Balaban J connectivity index is 1.13. The van der Waals surface area contributed by atoms with E-state index in [0.717, 1.165) is 11.8 Å². The normalized spacial score (nSPS) is 13.6. The van der Waals surface area contributed by atoms with Crippen molar-refractivity contribution in [2.75, 3.05) is 81.7 Å². The maximum Gasteiger partial charge on any atom is 0.324 e. The van der Waals surface area contributed by atoms with Crippen LogP contribution in [0.3, 0.4) is 0 Å². The van der Waals surface area contributed by atoms with Crippen molar-refractivity contribution in [3.8, 4) is 23.0 Å². The first-order chi connectivity index (χ1) is 32.3. The Morgan fingerprint density at radius 3 is 2.25 bits per heavy atom. The highest BCUT2D eigenvalue weighted by molar-refractivity contribution is 7.92. The summed E-state index contributed by atoms with van der Waals surface area (Å²) in [5.41, 5.74) is 8.11. The van der Waals surface area contributed by atoms with E-state index in [2.05, 4.69) is 30.6 Å². The molecule has 1 fully saturated rings. The van der Waals surface area contributed by atoms with E-state index < -0.39 is 33.5 Å². The van der Waals surface area contributed by atoms with E-state index in [1.54, 1.807) is 72.7 Å².